The molecule has 0 spiro atoms. The molecule has 100 valence electrons. The number of aliphatic hydroxyl groups is 1. The first-order valence-corrected chi connectivity index (χ1v) is 7.18. The van der Waals surface area contributed by atoms with Gasteiger partial charge in [-0.05, 0) is 48.6 Å². The van der Waals surface area contributed by atoms with Crippen LogP contribution in [0.5, 0.6) is 0 Å². The normalized spacial score (nSPS) is 15.5. The maximum Gasteiger partial charge on any atom is 0.159 e. The Bertz CT molecular complexity index is 585. The molecule has 1 aliphatic rings. The summed E-state index contributed by atoms with van der Waals surface area (Å²) in [5, 5.41) is 10.2. The van der Waals surface area contributed by atoms with Crippen LogP contribution in [0.15, 0.2) is 24.3 Å². The zero-order valence-corrected chi connectivity index (χ0v) is 11.1. The van der Waals surface area contributed by atoms with Crippen molar-refractivity contribution in [1.82, 2.24) is 0 Å². The third-order valence-corrected chi connectivity index (χ3v) is 4.85. The summed E-state index contributed by atoms with van der Waals surface area (Å²) in [5.41, 5.74) is 1.95. The van der Waals surface area contributed by atoms with E-state index in [1.165, 1.54) is 22.9 Å². The second-order valence-electron chi connectivity index (χ2n) is 4.92. The summed E-state index contributed by atoms with van der Waals surface area (Å²) in [6.07, 6.45) is 3.05. The van der Waals surface area contributed by atoms with E-state index in [0.717, 1.165) is 29.9 Å². The smallest absolute Gasteiger partial charge is 0.159 e. The minimum atomic E-state index is -0.863. The predicted octanol–water partition coefficient (Wildman–Crippen LogP) is 3.79. The van der Waals surface area contributed by atoms with Crippen molar-refractivity contribution in [3.8, 4) is 0 Å². The second-order valence-corrected chi connectivity index (χ2v) is 6.09. The molecule has 19 heavy (non-hydrogen) atoms. The van der Waals surface area contributed by atoms with Crippen LogP contribution in [0.4, 0.5) is 8.78 Å². The van der Waals surface area contributed by atoms with E-state index in [2.05, 4.69) is 6.07 Å². The molecule has 0 fully saturated rings. The number of hydrogen-bond donors (Lipinski definition) is 1. The quantitative estimate of drug-likeness (QED) is 0.907. The predicted molar refractivity (Wildman–Crippen MR) is 71.4 cm³/mol. The Kier molecular flexibility index (Phi) is 3.37. The summed E-state index contributed by atoms with van der Waals surface area (Å²) in [5.74, 6) is -1.72. The monoisotopic (exact) mass is 280 g/mol. The maximum atomic E-state index is 13.1. The van der Waals surface area contributed by atoms with Gasteiger partial charge in [0.05, 0.1) is 6.10 Å². The zero-order valence-electron chi connectivity index (χ0n) is 10.3. The second kappa shape index (κ2) is 5.02. The van der Waals surface area contributed by atoms with E-state index >= 15 is 0 Å². The molecule has 1 atom stereocenters. The largest absolute Gasteiger partial charge is 0.387 e. The van der Waals surface area contributed by atoms with E-state index in [-0.39, 0.29) is 0 Å². The Labute approximate surface area is 114 Å². The Morgan fingerprint density at radius 3 is 2.74 bits per heavy atom. The lowest BCUT2D eigenvalue weighted by molar-refractivity contribution is 0.182. The van der Waals surface area contributed by atoms with Crippen molar-refractivity contribution in [3.05, 3.63) is 56.8 Å². The highest BCUT2D eigenvalue weighted by molar-refractivity contribution is 7.12. The van der Waals surface area contributed by atoms with Gasteiger partial charge >= 0.3 is 0 Å². The van der Waals surface area contributed by atoms with Gasteiger partial charge in [-0.2, -0.15) is 0 Å². The van der Waals surface area contributed by atoms with Gasteiger partial charge in [0.25, 0.3) is 0 Å². The van der Waals surface area contributed by atoms with Crippen LogP contribution in [0, 0.1) is 11.6 Å². The highest BCUT2D eigenvalue weighted by Gasteiger charge is 2.19. The Balaban J connectivity index is 1.76. The zero-order chi connectivity index (χ0) is 13.4. The molecule has 1 aromatic heterocycles. The molecule has 2 aromatic rings. The Morgan fingerprint density at radius 1 is 1.16 bits per heavy atom. The molecule has 0 saturated heterocycles. The molecule has 1 aliphatic carbocycles. The minimum absolute atomic E-state index is 0.316. The summed E-state index contributed by atoms with van der Waals surface area (Å²) in [6.45, 7) is 0. The van der Waals surface area contributed by atoms with Gasteiger partial charge in [0.2, 0.25) is 0 Å². The molecule has 4 heteroatoms. The first-order valence-electron chi connectivity index (χ1n) is 6.37. The van der Waals surface area contributed by atoms with E-state index in [4.69, 9.17) is 0 Å². The van der Waals surface area contributed by atoms with Gasteiger partial charge in [0.15, 0.2) is 11.6 Å². The molecule has 0 aliphatic heterocycles. The molecule has 1 N–H and O–H groups in total. The fraction of sp³-hybridized carbons (Fsp3) is 0.333. The molecule has 1 aromatic carbocycles. The Hall–Kier alpha value is -1.26. The van der Waals surface area contributed by atoms with E-state index in [9.17, 15) is 13.9 Å². The van der Waals surface area contributed by atoms with Gasteiger partial charge in [-0.25, -0.2) is 8.78 Å². The van der Waals surface area contributed by atoms with Crippen LogP contribution in [0.2, 0.25) is 0 Å². The average molecular weight is 280 g/mol. The standard InChI is InChI=1S/C15H14F2OS/c16-11-5-4-9(6-12(11)17)7-13(18)15-8-10-2-1-3-14(10)19-15/h4-6,8,13,18H,1-3,7H2. The fourth-order valence-corrected chi connectivity index (χ4v) is 3.75. The number of benzene rings is 1. The van der Waals surface area contributed by atoms with E-state index in [0.29, 0.717) is 12.0 Å². The van der Waals surface area contributed by atoms with Crippen LogP contribution in [0.3, 0.4) is 0 Å². The van der Waals surface area contributed by atoms with Crippen molar-refractivity contribution in [1.29, 1.82) is 0 Å². The molecular formula is C15H14F2OS. The number of halogens is 2. The van der Waals surface area contributed by atoms with E-state index < -0.39 is 17.7 Å². The molecular weight excluding hydrogens is 266 g/mol. The van der Waals surface area contributed by atoms with Crippen molar-refractivity contribution in [2.45, 2.75) is 31.8 Å². The molecule has 1 unspecified atom stereocenters. The molecule has 0 saturated carbocycles. The van der Waals surface area contributed by atoms with Crippen LogP contribution in [0.25, 0.3) is 0 Å². The maximum absolute atomic E-state index is 13.1. The number of fused-ring (bicyclic) bond motifs is 1. The summed E-state index contributed by atoms with van der Waals surface area (Å²) in [6, 6.07) is 5.83. The van der Waals surface area contributed by atoms with Crippen LogP contribution in [-0.4, -0.2) is 5.11 Å². The van der Waals surface area contributed by atoms with Gasteiger partial charge in [0.1, 0.15) is 0 Å². The fourth-order valence-electron chi connectivity index (χ4n) is 2.51. The highest BCUT2D eigenvalue weighted by Crippen LogP contribution is 2.34. The van der Waals surface area contributed by atoms with Crippen LogP contribution >= 0.6 is 11.3 Å². The number of hydrogen-bond acceptors (Lipinski definition) is 2. The van der Waals surface area contributed by atoms with Crippen LogP contribution in [-0.2, 0) is 19.3 Å². The van der Waals surface area contributed by atoms with Gasteiger partial charge in [0, 0.05) is 16.2 Å². The first kappa shape index (κ1) is 12.8. The van der Waals surface area contributed by atoms with Crippen LogP contribution < -0.4 is 0 Å². The van der Waals surface area contributed by atoms with Gasteiger partial charge < -0.3 is 5.11 Å². The molecule has 0 radical (unpaired) electrons. The summed E-state index contributed by atoms with van der Waals surface area (Å²) in [7, 11) is 0. The number of aryl methyl sites for hydroxylation is 2. The van der Waals surface area contributed by atoms with Gasteiger partial charge in [-0.3, -0.25) is 0 Å². The lowest BCUT2D eigenvalue weighted by Crippen LogP contribution is -2.00. The molecule has 0 bridgehead atoms. The van der Waals surface area contributed by atoms with Crippen molar-refractivity contribution in [2.75, 3.05) is 0 Å². The number of thiophene rings is 1. The summed E-state index contributed by atoms with van der Waals surface area (Å²) >= 11 is 1.64. The van der Waals surface area contributed by atoms with Crippen LogP contribution in [0.1, 0.15) is 33.4 Å². The first-order chi connectivity index (χ1) is 9.13. The summed E-state index contributed by atoms with van der Waals surface area (Å²) < 4.78 is 25.9. The molecule has 1 heterocycles. The highest BCUT2D eigenvalue weighted by atomic mass is 32.1. The molecule has 1 nitrogen and oxygen atoms in total. The van der Waals surface area contributed by atoms with E-state index in [1.54, 1.807) is 11.3 Å². The SMILES string of the molecule is OC(Cc1ccc(F)c(F)c1)c1cc2c(s1)CCC2. The molecule has 0 amide bonds. The topological polar surface area (TPSA) is 20.2 Å². The van der Waals surface area contributed by atoms with Crippen molar-refractivity contribution in [2.24, 2.45) is 0 Å². The lowest BCUT2D eigenvalue weighted by atomic mass is 10.1. The Morgan fingerprint density at radius 2 is 2.00 bits per heavy atom. The lowest BCUT2D eigenvalue weighted by Gasteiger charge is -2.09. The van der Waals surface area contributed by atoms with Gasteiger partial charge in [-0.15, -0.1) is 11.3 Å². The van der Waals surface area contributed by atoms with Crippen molar-refractivity contribution in [3.63, 3.8) is 0 Å². The van der Waals surface area contributed by atoms with Crippen molar-refractivity contribution >= 4 is 11.3 Å². The van der Waals surface area contributed by atoms with E-state index in [1.807, 2.05) is 0 Å². The summed E-state index contributed by atoms with van der Waals surface area (Å²) in [4.78, 5) is 2.29. The minimum Gasteiger partial charge on any atom is -0.387 e. The van der Waals surface area contributed by atoms with Crippen molar-refractivity contribution < 1.29 is 13.9 Å². The third kappa shape index (κ3) is 2.55. The molecule has 3 rings (SSSR count). The third-order valence-electron chi connectivity index (χ3n) is 3.51. The average Bonchev–Trinajstić information content (AvgIpc) is 2.94. The number of aliphatic hydroxyl groups excluding tert-OH is 1. The van der Waals surface area contributed by atoms with Gasteiger partial charge in [-0.1, -0.05) is 6.07 Å². The number of rotatable bonds is 3.